The van der Waals surface area contributed by atoms with Gasteiger partial charge in [-0.15, -0.1) is 22.7 Å². The molecule has 2 aromatic heterocycles. The van der Waals surface area contributed by atoms with E-state index in [9.17, 15) is 0 Å². The van der Waals surface area contributed by atoms with Crippen molar-refractivity contribution >= 4 is 108 Å². The summed E-state index contributed by atoms with van der Waals surface area (Å²) in [6.07, 6.45) is 0. The Morgan fingerprint density at radius 3 is 1.66 bits per heavy atom. The topological polar surface area (TPSA) is 6.48 Å². The molecule has 0 saturated heterocycles. The summed E-state index contributed by atoms with van der Waals surface area (Å²) >= 11 is 3.72. The Hall–Kier alpha value is -6.72. The zero-order valence-corrected chi connectivity index (χ0v) is 32.0. The summed E-state index contributed by atoms with van der Waals surface area (Å²) in [5.74, 6) is 0. The third-order valence-corrected chi connectivity index (χ3v) is 13.1. The van der Waals surface area contributed by atoms with Gasteiger partial charge in [0.15, 0.2) is 0 Å². The predicted octanol–water partition coefficient (Wildman–Crippen LogP) is 16.2. The highest BCUT2D eigenvalue weighted by atomic mass is 32.1. The van der Waals surface area contributed by atoms with Crippen molar-refractivity contribution < 1.29 is 0 Å². The first-order chi connectivity index (χ1) is 27.7. The van der Waals surface area contributed by atoms with E-state index in [1.165, 1.54) is 62.2 Å². The van der Waals surface area contributed by atoms with E-state index < -0.39 is 0 Å². The number of thiophene rings is 2. The second kappa shape index (κ2) is 13.5. The first-order valence-corrected chi connectivity index (χ1v) is 20.5. The maximum absolute atomic E-state index is 2.46. The summed E-state index contributed by atoms with van der Waals surface area (Å²) in [5.41, 5.74) is 9.22. The lowest BCUT2D eigenvalue weighted by atomic mass is 10.0. The van der Waals surface area contributed by atoms with Crippen LogP contribution in [0.25, 0.3) is 62.2 Å². The van der Waals surface area contributed by atoms with Gasteiger partial charge in [-0.05, 0) is 113 Å². The van der Waals surface area contributed by atoms with E-state index in [1.54, 1.807) is 0 Å². The molecule has 0 aliphatic heterocycles. The molecule has 0 amide bonds. The normalized spacial score (nSPS) is 11.6. The van der Waals surface area contributed by atoms with E-state index in [0.29, 0.717) is 0 Å². The van der Waals surface area contributed by atoms with E-state index in [-0.39, 0.29) is 0 Å². The van der Waals surface area contributed by atoms with Crippen molar-refractivity contribution in [1.82, 2.24) is 0 Å². The molecule has 9 aromatic carbocycles. The highest BCUT2D eigenvalue weighted by molar-refractivity contribution is 7.26. The first-order valence-electron chi connectivity index (χ1n) is 18.9. The summed E-state index contributed by atoms with van der Waals surface area (Å²) in [6, 6.07) is 75.2. The van der Waals surface area contributed by atoms with Gasteiger partial charge < -0.3 is 9.80 Å². The predicted molar refractivity (Wildman–Crippen MR) is 245 cm³/mol. The molecule has 0 bridgehead atoms. The Bertz CT molecular complexity index is 3160. The van der Waals surface area contributed by atoms with Crippen LogP contribution in [-0.4, -0.2) is 0 Å². The Morgan fingerprint density at radius 1 is 0.286 bits per heavy atom. The van der Waals surface area contributed by atoms with Crippen LogP contribution in [0.15, 0.2) is 206 Å². The largest absolute Gasteiger partial charge is 0.310 e. The molecule has 2 heterocycles. The average Bonchev–Trinajstić information content (AvgIpc) is 3.83. The lowest BCUT2D eigenvalue weighted by molar-refractivity contribution is 1.29. The number of fused-ring (bicyclic) bond motifs is 7. The standard InChI is InChI=1S/C52H34N2S2/c1-3-14-39(15-4-1)53(40-16-5-2-6-17-40)42-29-31-49-46(33-42)52-47(19-11-21-50(52)55-49)54(43-28-30-45-44-18-9-10-20-48(44)56-51(45)34-43)41-26-24-36(25-27-41)38-23-22-35-12-7-8-13-37(35)32-38/h1-34H. The van der Waals surface area contributed by atoms with Crippen LogP contribution < -0.4 is 9.80 Å². The quantitative estimate of drug-likeness (QED) is 0.160. The monoisotopic (exact) mass is 750 g/mol. The number of nitrogens with zero attached hydrogens (tertiary/aromatic N) is 2. The molecule has 0 radical (unpaired) electrons. The van der Waals surface area contributed by atoms with Crippen LogP contribution in [0.3, 0.4) is 0 Å². The van der Waals surface area contributed by atoms with Gasteiger partial charge in [-0.3, -0.25) is 0 Å². The van der Waals surface area contributed by atoms with Crippen molar-refractivity contribution in [2.24, 2.45) is 0 Å². The van der Waals surface area contributed by atoms with Gasteiger partial charge in [0.2, 0.25) is 0 Å². The minimum Gasteiger partial charge on any atom is -0.310 e. The fourth-order valence-corrected chi connectivity index (χ4v) is 10.4. The molecular formula is C52H34N2S2. The van der Waals surface area contributed by atoms with Crippen LogP contribution in [0.1, 0.15) is 0 Å². The van der Waals surface area contributed by atoms with E-state index in [2.05, 4.69) is 216 Å². The molecule has 0 N–H and O–H groups in total. The zero-order chi connectivity index (χ0) is 37.0. The van der Waals surface area contributed by atoms with Gasteiger partial charge in [0.05, 0.1) is 5.69 Å². The van der Waals surface area contributed by atoms with Crippen LogP contribution in [-0.2, 0) is 0 Å². The maximum Gasteiger partial charge on any atom is 0.0554 e. The molecule has 0 aliphatic carbocycles. The molecule has 0 atom stereocenters. The number of hydrogen-bond acceptors (Lipinski definition) is 4. The fourth-order valence-electron chi connectivity index (χ4n) is 8.18. The van der Waals surface area contributed by atoms with E-state index in [4.69, 9.17) is 0 Å². The van der Waals surface area contributed by atoms with Crippen molar-refractivity contribution in [2.75, 3.05) is 9.80 Å². The van der Waals surface area contributed by atoms with Crippen molar-refractivity contribution in [3.8, 4) is 11.1 Å². The molecule has 2 nitrogen and oxygen atoms in total. The molecule has 4 heteroatoms. The lowest BCUT2D eigenvalue weighted by Crippen LogP contribution is -2.10. The minimum absolute atomic E-state index is 1.12. The van der Waals surface area contributed by atoms with Crippen molar-refractivity contribution in [3.63, 3.8) is 0 Å². The Balaban J connectivity index is 1.11. The van der Waals surface area contributed by atoms with E-state index in [0.717, 1.165) is 34.1 Å². The molecule has 56 heavy (non-hydrogen) atoms. The van der Waals surface area contributed by atoms with Crippen LogP contribution in [0.5, 0.6) is 0 Å². The maximum atomic E-state index is 2.46. The summed E-state index contributed by atoms with van der Waals surface area (Å²) in [6.45, 7) is 0. The lowest BCUT2D eigenvalue weighted by Gasteiger charge is -2.27. The van der Waals surface area contributed by atoms with Crippen LogP contribution in [0, 0.1) is 0 Å². The number of hydrogen-bond donors (Lipinski definition) is 0. The molecule has 0 aliphatic rings. The van der Waals surface area contributed by atoms with Gasteiger partial charge >= 0.3 is 0 Å². The SMILES string of the molecule is c1ccc(N(c2ccccc2)c2ccc3sc4cccc(N(c5ccc(-c6ccc7ccccc7c6)cc5)c5ccc6c(c5)sc5ccccc56)c4c3c2)cc1. The Kier molecular flexibility index (Phi) is 7.90. The fraction of sp³-hybridized carbons (Fsp3) is 0. The van der Waals surface area contributed by atoms with Gasteiger partial charge in [-0.1, -0.05) is 115 Å². The van der Waals surface area contributed by atoms with Crippen LogP contribution in [0.2, 0.25) is 0 Å². The number of para-hydroxylation sites is 2. The highest BCUT2D eigenvalue weighted by Gasteiger charge is 2.21. The number of anilines is 6. The molecule has 0 spiro atoms. The average molecular weight is 751 g/mol. The third kappa shape index (κ3) is 5.62. The molecule has 0 fully saturated rings. The summed E-state index contributed by atoms with van der Waals surface area (Å²) in [4.78, 5) is 4.81. The van der Waals surface area contributed by atoms with Crippen LogP contribution >= 0.6 is 22.7 Å². The van der Waals surface area contributed by atoms with Gasteiger partial charge in [-0.25, -0.2) is 0 Å². The van der Waals surface area contributed by atoms with Gasteiger partial charge in [0.25, 0.3) is 0 Å². The molecule has 0 unspecified atom stereocenters. The number of benzene rings is 9. The molecule has 0 saturated carbocycles. The minimum atomic E-state index is 1.12. The summed E-state index contributed by atoms with van der Waals surface area (Å²) in [7, 11) is 0. The highest BCUT2D eigenvalue weighted by Crippen LogP contribution is 2.48. The van der Waals surface area contributed by atoms with E-state index in [1.807, 2.05) is 22.7 Å². The van der Waals surface area contributed by atoms with Crippen molar-refractivity contribution in [3.05, 3.63) is 206 Å². The zero-order valence-electron chi connectivity index (χ0n) is 30.3. The summed E-state index contributed by atoms with van der Waals surface area (Å²) in [5, 5.41) is 7.62. The smallest absolute Gasteiger partial charge is 0.0554 e. The summed E-state index contributed by atoms with van der Waals surface area (Å²) < 4.78 is 5.13. The second-order valence-corrected chi connectivity index (χ2v) is 16.3. The molecule has 11 aromatic rings. The molecule has 264 valence electrons. The second-order valence-electron chi connectivity index (χ2n) is 14.2. The van der Waals surface area contributed by atoms with Gasteiger partial charge in [-0.2, -0.15) is 0 Å². The molecule has 11 rings (SSSR count). The molecular weight excluding hydrogens is 717 g/mol. The van der Waals surface area contributed by atoms with Crippen molar-refractivity contribution in [2.45, 2.75) is 0 Å². The van der Waals surface area contributed by atoms with Crippen molar-refractivity contribution in [1.29, 1.82) is 0 Å². The van der Waals surface area contributed by atoms with Gasteiger partial charge in [0, 0.05) is 68.8 Å². The van der Waals surface area contributed by atoms with Crippen LogP contribution in [0.4, 0.5) is 34.1 Å². The Labute approximate surface area is 333 Å². The third-order valence-electron chi connectivity index (χ3n) is 10.8. The number of rotatable bonds is 7. The Morgan fingerprint density at radius 2 is 0.857 bits per heavy atom. The first kappa shape index (κ1) is 32.7. The van der Waals surface area contributed by atoms with Gasteiger partial charge in [0.1, 0.15) is 0 Å². The van der Waals surface area contributed by atoms with E-state index >= 15 is 0 Å².